The maximum Gasteiger partial charge on any atom is 0.341 e. The number of ether oxygens (including phenoxy) is 1. The number of aromatic nitrogens is 3. The van der Waals surface area contributed by atoms with Gasteiger partial charge < -0.3 is 10.1 Å². The highest BCUT2D eigenvalue weighted by atomic mass is 19.1. The molecule has 0 amide bonds. The minimum atomic E-state index is -0.472. The van der Waals surface area contributed by atoms with Crippen molar-refractivity contribution in [3.05, 3.63) is 48.0 Å². The minimum Gasteiger partial charge on any atom is -0.462 e. The Morgan fingerprint density at radius 3 is 2.67 bits per heavy atom. The second-order valence-corrected chi connectivity index (χ2v) is 5.10. The van der Waals surface area contributed by atoms with Crippen LogP contribution in [0.5, 0.6) is 0 Å². The molecule has 3 rings (SSSR count). The van der Waals surface area contributed by atoms with Crippen molar-refractivity contribution < 1.29 is 13.9 Å². The number of aryl methyl sites for hydroxylation is 1. The summed E-state index contributed by atoms with van der Waals surface area (Å²) < 4.78 is 19.9. The predicted octanol–water partition coefficient (Wildman–Crippen LogP) is 3.51. The van der Waals surface area contributed by atoms with E-state index in [1.165, 1.54) is 18.3 Å². The summed E-state index contributed by atoms with van der Waals surface area (Å²) in [5.41, 5.74) is 2.17. The number of benzene rings is 1. The van der Waals surface area contributed by atoms with Gasteiger partial charge in [0, 0.05) is 18.4 Å². The average molecular weight is 328 g/mol. The van der Waals surface area contributed by atoms with E-state index in [1.54, 1.807) is 29.9 Å². The van der Waals surface area contributed by atoms with Crippen molar-refractivity contribution >= 4 is 28.4 Å². The molecule has 0 aliphatic heterocycles. The van der Waals surface area contributed by atoms with Crippen LogP contribution in [0.1, 0.15) is 24.2 Å². The Morgan fingerprint density at radius 2 is 2.00 bits per heavy atom. The highest BCUT2D eigenvalue weighted by molar-refractivity contribution is 6.05. The Labute approximate surface area is 138 Å². The van der Waals surface area contributed by atoms with Gasteiger partial charge in [0.1, 0.15) is 11.4 Å². The van der Waals surface area contributed by atoms with Crippen LogP contribution in [0.4, 0.5) is 15.8 Å². The first-order valence-electron chi connectivity index (χ1n) is 7.68. The van der Waals surface area contributed by atoms with Crippen LogP contribution in [0, 0.1) is 5.82 Å². The van der Waals surface area contributed by atoms with Crippen LogP contribution < -0.4 is 5.32 Å². The molecule has 0 unspecified atom stereocenters. The van der Waals surface area contributed by atoms with E-state index in [0.29, 0.717) is 34.5 Å². The first kappa shape index (κ1) is 15.9. The molecule has 1 aromatic carbocycles. The van der Waals surface area contributed by atoms with Gasteiger partial charge in [-0.05, 0) is 38.1 Å². The van der Waals surface area contributed by atoms with Gasteiger partial charge in [0.2, 0.25) is 0 Å². The number of fused-ring (bicyclic) bond motifs is 1. The summed E-state index contributed by atoms with van der Waals surface area (Å²) in [6.07, 6.45) is 3.13. The summed E-state index contributed by atoms with van der Waals surface area (Å²) in [6, 6.07) is 5.89. The standard InChI is InChI=1S/C17H17FN4O2/c1-3-22-16-13(10-20-22)15(14(9-19-16)17(23)24-4-2)21-12-7-5-11(18)6-8-12/h5-10H,3-4H2,1-2H3,(H,19,21). The Kier molecular flexibility index (Phi) is 4.41. The fourth-order valence-electron chi connectivity index (χ4n) is 2.43. The molecule has 0 spiro atoms. The second-order valence-electron chi connectivity index (χ2n) is 5.10. The number of rotatable bonds is 5. The first-order chi connectivity index (χ1) is 11.6. The number of anilines is 2. The summed E-state index contributed by atoms with van der Waals surface area (Å²) in [4.78, 5) is 16.6. The Balaban J connectivity index is 2.12. The molecule has 1 N–H and O–H groups in total. The molecule has 124 valence electrons. The lowest BCUT2D eigenvalue weighted by molar-refractivity contribution is 0.0527. The van der Waals surface area contributed by atoms with Crippen LogP contribution in [0.2, 0.25) is 0 Å². The van der Waals surface area contributed by atoms with Crippen molar-refractivity contribution in [1.82, 2.24) is 14.8 Å². The molecule has 0 aliphatic carbocycles. The van der Waals surface area contributed by atoms with Crippen molar-refractivity contribution in [2.45, 2.75) is 20.4 Å². The number of pyridine rings is 1. The van der Waals surface area contributed by atoms with Crippen LogP contribution in [0.25, 0.3) is 11.0 Å². The molecule has 0 radical (unpaired) electrons. The lowest BCUT2D eigenvalue weighted by atomic mass is 10.1. The number of nitrogens with zero attached hydrogens (tertiary/aromatic N) is 3. The molecule has 0 fully saturated rings. The molecular formula is C17H17FN4O2. The third kappa shape index (κ3) is 2.92. The molecular weight excluding hydrogens is 311 g/mol. The molecule has 0 atom stereocenters. The normalized spacial score (nSPS) is 10.8. The van der Waals surface area contributed by atoms with E-state index in [-0.39, 0.29) is 12.4 Å². The molecule has 0 saturated carbocycles. The minimum absolute atomic E-state index is 0.265. The van der Waals surface area contributed by atoms with Gasteiger partial charge in [-0.1, -0.05) is 0 Å². The van der Waals surface area contributed by atoms with Gasteiger partial charge in [-0.15, -0.1) is 0 Å². The molecule has 6 nitrogen and oxygen atoms in total. The van der Waals surface area contributed by atoms with Crippen molar-refractivity contribution in [2.75, 3.05) is 11.9 Å². The van der Waals surface area contributed by atoms with Crippen molar-refractivity contribution in [2.24, 2.45) is 0 Å². The second kappa shape index (κ2) is 6.66. The van der Waals surface area contributed by atoms with Crippen LogP contribution in [-0.2, 0) is 11.3 Å². The zero-order valence-corrected chi connectivity index (χ0v) is 13.4. The lowest BCUT2D eigenvalue weighted by Gasteiger charge is -2.12. The van der Waals surface area contributed by atoms with Crippen LogP contribution >= 0.6 is 0 Å². The summed E-state index contributed by atoms with van der Waals surface area (Å²) in [7, 11) is 0. The van der Waals surface area contributed by atoms with E-state index in [1.807, 2.05) is 6.92 Å². The van der Waals surface area contributed by atoms with Gasteiger partial charge in [-0.25, -0.2) is 18.9 Å². The van der Waals surface area contributed by atoms with Gasteiger partial charge in [-0.3, -0.25) is 0 Å². The zero-order chi connectivity index (χ0) is 17.1. The molecule has 0 saturated heterocycles. The number of esters is 1. The average Bonchev–Trinajstić information content (AvgIpc) is 3.01. The Hall–Kier alpha value is -2.96. The van der Waals surface area contributed by atoms with E-state index in [4.69, 9.17) is 4.74 Å². The van der Waals surface area contributed by atoms with Crippen LogP contribution in [0.3, 0.4) is 0 Å². The summed E-state index contributed by atoms with van der Waals surface area (Å²) in [6.45, 7) is 4.62. The maximum absolute atomic E-state index is 13.1. The highest BCUT2D eigenvalue weighted by Gasteiger charge is 2.19. The summed E-state index contributed by atoms with van der Waals surface area (Å²) in [5, 5.41) is 8.14. The smallest absolute Gasteiger partial charge is 0.341 e. The zero-order valence-electron chi connectivity index (χ0n) is 13.4. The number of halogens is 1. The third-order valence-corrected chi connectivity index (χ3v) is 3.57. The molecule has 2 heterocycles. The molecule has 0 bridgehead atoms. The maximum atomic E-state index is 13.1. The van der Waals surface area contributed by atoms with E-state index in [0.717, 1.165) is 0 Å². The third-order valence-electron chi connectivity index (χ3n) is 3.57. The molecule has 2 aromatic heterocycles. The van der Waals surface area contributed by atoms with E-state index in [9.17, 15) is 9.18 Å². The lowest BCUT2D eigenvalue weighted by Crippen LogP contribution is -2.09. The summed E-state index contributed by atoms with van der Waals surface area (Å²) in [5.74, 6) is -0.800. The fourth-order valence-corrected chi connectivity index (χ4v) is 2.43. The predicted molar refractivity (Wildman–Crippen MR) is 88.8 cm³/mol. The Morgan fingerprint density at radius 1 is 1.25 bits per heavy atom. The molecule has 7 heteroatoms. The van der Waals surface area contributed by atoms with Crippen LogP contribution in [0.15, 0.2) is 36.7 Å². The van der Waals surface area contributed by atoms with E-state index < -0.39 is 5.97 Å². The van der Waals surface area contributed by atoms with Crippen molar-refractivity contribution in [3.8, 4) is 0 Å². The van der Waals surface area contributed by atoms with Crippen molar-refractivity contribution in [3.63, 3.8) is 0 Å². The number of carbonyl (C=O) groups is 1. The van der Waals surface area contributed by atoms with Gasteiger partial charge in [0.25, 0.3) is 0 Å². The number of hydrogen-bond donors (Lipinski definition) is 1. The fraction of sp³-hybridized carbons (Fsp3) is 0.235. The SMILES string of the molecule is CCOC(=O)c1cnc2c(cnn2CC)c1Nc1ccc(F)cc1. The molecule has 24 heavy (non-hydrogen) atoms. The number of carbonyl (C=O) groups excluding carboxylic acids is 1. The van der Waals surface area contributed by atoms with E-state index >= 15 is 0 Å². The quantitative estimate of drug-likeness (QED) is 0.726. The molecule has 3 aromatic rings. The van der Waals surface area contributed by atoms with Crippen LogP contribution in [-0.4, -0.2) is 27.3 Å². The number of hydrogen-bond acceptors (Lipinski definition) is 5. The van der Waals surface area contributed by atoms with Gasteiger partial charge in [0.15, 0.2) is 5.65 Å². The van der Waals surface area contributed by atoms with Gasteiger partial charge >= 0.3 is 5.97 Å². The summed E-state index contributed by atoms with van der Waals surface area (Å²) >= 11 is 0. The Bertz CT molecular complexity index is 874. The largest absolute Gasteiger partial charge is 0.462 e. The van der Waals surface area contributed by atoms with Crippen molar-refractivity contribution in [1.29, 1.82) is 0 Å². The number of nitrogens with one attached hydrogen (secondary N) is 1. The van der Waals surface area contributed by atoms with Gasteiger partial charge in [0.05, 0.1) is 23.9 Å². The topological polar surface area (TPSA) is 69.0 Å². The van der Waals surface area contributed by atoms with E-state index in [2.05, 4.69) is 15.4 Å². The first-order valence-corrected chi connectivity index (χ1v) is 7.68. The molecule has 0 aliphatic rings. The van der Waals surface area contributed by atoms with Gasteiger partial charge in [-0.2, -0.15) is 5.10 Å². The highest BCUT2D eigenvalue weighted by Crippen LogP contribution is 2.29. The monoisotopic (exact) mass is 328 g/mol.